The minimum absolute atomic E-state index is 0.0736. The van der Waals surface area contributed by atoms with Gasteiger partial charge in [0, 0.05) is 30.7 Å². The summed E-state index contributed by atoms with van der Waals surface area (Å²) >= 11 is 0. The molecule has 2 saturated heterocycles. The number of benzene rings is 1. The summed E-state index contributed by atoms with van der Waals surface area (Å²) in [4.78, 5) is 39.3. The third-order valence-corrected chi connectivity index (χ3v) is 8.45. The lowest BCUT2D eigenvalue weighted by molar-refractivity contribution is -0.132. The molecule has 4 atom stereocenters. The Balaban J connectivity index is 1.21. The number of nitrogens with zero attached hydrogens (tertiary/aromatic N) is 4. The molecule has 2 aromatic rings. The van der Waals surface area contributed by atoms with Crippen LogP contribution in [0.4, 0.5) is 17.5 Å². The van der Waals surface area contributed by atoms with Crippen molar-refractivity contribution >= 4 is 29.3 Å². The average Bonchev–Trinajstić information content (AvgIpc) is 3.15. The highest BCUT2D eigenvalue weighted by atomic mass is 16.3. The summed E-state index contributed by atoms with van der Waals surface area (Å²) in [5.74, 6) is 1.09. The quantitative estimate of drug-likeness (QED) is 0.591. The molecule has 3 N–H and O–H groups in total. The standard InChI is InChI=1S/C27H34N6O3/c1-16-5-3-6-17(2)33(16)26-30-20-15-28-25(36)23(20)24(31-26)29-19-9-7-18(8-10-19)13-22(35)32-12-4-11-27(32)14-21(27)34/h7-10,16-17,21,34H,3-6,11-15H2,1-2H3,(H,28,36)(H,29,30,31)/t16-,17-,21?,27?/m1/s1. The van der Waals surface area contributed by atoms with E-state index in [1.165, 1.54) is 6.42 Å². The number of fused-ring (bicyclic) bond motifs is 1. The van der Waals surface area contributed by atoms with Gasteiger partial charge in [0.25, 0.3) is 5.91 Å². The van der Waals surface area contributed by atoms with Gasteiger partial charge in [-0.15, -0.1) is 0 Å². The Hall–Kier alpha value is -3.20. The fraction of sp³-hybridized carbons (Fsp3) is 0.556. The normalized spacial score (nSPS) is 28.9. The van der Waals surface area contributed by atoms with Crippen LogP contribution in [0.15, 0.2) is 24.3 Å². The van der Waals surface area contributed by atoms with E-state index in [-0.39, 0.29) is 23.5 Å². The molecule has 1 aromatic carbocycles. The fourth-order valence-electron chi connectivity index (χ4n) is 6.36. The molecule has 9 heteroatoms. The lowest BCUT2D eigenvalue weighted by Gasteiger charge is -2.39. The van der Waals surface area contributed by atoms with Crippen molar-refractivity contribution in [1.82, 2.24) is 20.2 Å². The van der Waals surface area contributed by atoms with Crippen molar-refractivity contribution < 1.29 is 14.7 Å². The van der Waals surface area contributed by atoms with Crippen molar-refractivity contribution in [2.45, 2.75) is 89.1 Å². The van der Waals surface area contributed by atoms with E-state index in [2.05, 4.69) is 29.4 Å². The van der Waals surface area contributed by atoms with E-state index in [1.807, 2.05) is 29.2 Å². The molecule has 9 nitrogen and oxygen atoms in total. The summed E-state index contributed by atoms with van der Waals surface area (Å²) in [5.41, 5.74) is 2.64. The highest BCUT2D eigenvalue weighted by Crippen LogP contribution is 2.49. The summed E-state index contributed by atoms with van der Waals surface area (Å²) in [7, 11) is 0. The van der Waals surface area contributed by atoms with E-state index in [4.69, 9.17) is 9.97 Å². The van der Waals surface area contributed by atoms with Gasteiger partial charge >= 0.3 is 0 Å². The van der Waals surface area contributed by atoms with Crippen LogP contribution in [0.25, 0.3) is 0 Å². The number of carbonyl (C=O) groups excluding carboxylic acids is 2. The van der Waals surface area contributed by atoms with Gasteiger partial charge in [-0.3, -0.25) is 9.59 Å². The summed E-state index contributed by atoms with van der Waals surface area (Å²) in [6, 6.07) is 8.39. The van der Waals surface area contributed by atoms with Gasteiger partial charge in [0.15, 0.2) is 0 Å². The number of hydrogen-bond acceptors (Lipinski definition) is 7. The van der Waals surface area contributed by atoms with Crippen LogP contribution in [0.3, 0.4) is 0 Å². The first-order valence-corrected chi connectivity index (χ1v) is 13.2. The monoisotopic (exact) mass is 490 g/mol. The number of anilines is 3. The van der Waals surface area contributed by atoms with E-state index < -0.39 is 0 Å². The minimum atomic E-state index is -0.372. The summed E-state index contributed by atoms with van der Waals surface area (Å²) in [6.07, 6.45) is 5.90. The molecular weight excluding hydrogens is 456 g/mol. The first-order chi connectivity index (χ1) is 17.4. The second-order valence-electron chi connectivity index (χ2n) is 10.9. The van der Waals surface area contributed by atoms with Gasteiger partial charge in [0.1, 0.15) is 11.4 Å². The van der Waals surface area contributed by atoms with Crippen molar-refractivity contribution in [3.8, 4) is 0 Å². The first-order valence-electron chi connectivity index (χ1n) is 13.2. The van der Waals surface area contributed by atoms with Gasteiger partial charge in [-0.1, -0.05) is 12.1 Å². The van der Waals surface area contributed by atoms with Crippen molar-refractivity contribution in [2.75, 3.05) is 16.8 Å². The van der Waals surface area contributed by atoms with Crippen LogP contribution in [0.1, 0.15) is 74.0 Å². The number of aliphatic hydroxyl groups is 1. The Morgan fingerprint density at radius 2 is 1.89 bits per heavy atom. The van der Waals surface area contributed by atoms with Crippen LogP contribution in [0.5, 0.6) is 0 Å². The Labute approximate surface area is 211 Å². The largest absolute Gasteiger partial charge is 0.391 e. The summed E-state index contributed by atoms with van der Waals surface area (Å²) in [6.45, 7) is 5.54. The Bertz CT molecular complexity index is 1190. The van der Waals surface area contributed by atoms with E-state index in [0.29, 0.717) is 48.8 Å². The molecule has 0 bridgehead atoms. The number of hydrogen-bond donors (Lipinski definition) is 3. The topological polar surface area (TPSA) is 111 Å². The number of likely N-dealkylation sites (tertiary alicyclic amines) is 1. The van der Waals surface area contributed by atoms with E-state index >= 15 is 0 Å². The number of nitrogens with one attached hydrogen (secondary N) is 2. The Morgan fingerprint density at radius 3 is 2.58 bits per heavy atom. The molecule has 1 spiro atoms. The fourth-order valence-corrected chi connectivity index (χ4v) is 6.36. The highest BCUT2D eigenvalue weighted by molar-refractivity contribution is 6.03. The predicted octanol–water partition coefficient (Wildman–Crippen LogP) is 2.90. The summed E-state index contributed by atoms with van der Waals surface area (Å²) in [5, 5.41) is 16.3. The van der Waals surface area contributed by atoms with Crippen LogP contribution in [0.2, 0.25) is 0 Å². The molecular formula is C27H34N6O3. The number of piperidine rings is 1. The summed E-state index contributed by atoms with van der Waals surface area (Å²) < 4.78 is 0. The molecule has 1 aliphatic carbocycles. The van der Waals surface area contributed by atoms with Gasteiger partial charge in [0.2, 0.25) is 11.9 Å². The first kappa shape index (κ1) is 23.2. The maximum absolute atomic E-state index is 12.9. The average molecular weight is 491 g/mol. The molecule has 3 aliphatic heterocycles. The van der Waals surface area contributed by atoms with Gasteiger partial charge in [-0.05, 0) is 63.6 Å². The second kappa shape index (κ2) is 8.73. The minimum Gasteiger partial charge on any atom is -0.391 e. The zero-order valence-electron chi connectivity index (χ0n) is 21.0. The second-order valence-corrected chi connectivity index (χ2v) is 10.9. The van der Waals surface area contributed by atoms with Crippen LogP contribution in [0, 0.1) is 0 Å². The molecule has 4 heterocycles. The van der Waals surface area contributed by atoms with Crippen molar-refractivity contribution in [1.29, 1.82) is 0 Å². The van der Waals surface area contributed by atoms with Crippen LogP contribution in [-0.2, 0) is 17.8 Å². The smallest absolute Gasteiger partial charge is 0.257 e. The zero-order valence-corrected chi connectivity index (χ0v) is 21.0. The van der Waals surface area contributed by atoms with Gasteiger partial charge < -0.3 is 25.5 Å². The molecule has 2 unspecified atom stereocenters. The maximum atomic E-state index is 12.9. The zero-order chi connectivity index (χ0) is 25.0. The van der Waals surface area contributed by atoms with Crippen LogP contribution >= 0.6 is 0 Å². The van der Waals surface area contributed by atoms with Gasteiger partial charge in [0.05, 0.1) is 30.3 Å². The van der Waals surface area contributed by atoms with Crippen molar-refractivity contribution in [3.63, 3.8) is 0 Å². The van der Waals surface area contributed by atoms with Gasteiger partial charge in [-0.2, -0.15) is 4.98 Å². The number of carbonyl (C=O) groups is 2. The number of aromatic nitrogens is 2. The van der Waals surface area contributed by atoms with E-state index in [1.54, 1.807) is 0 Å². The third-order valence-electron chi connectivity index (χ3n) is 8.45. The number of amides is 2. The maximum Gasteiger partial charge on any atom is 0.257 e. The molecule has 1 aromatic heterocycles. The lowest BCUT2D eigenvalue weighted by atomic mass is 9.98. The van der Waals surface area contributed by atoms with E-state index in [9.17, 15) is 14.7 Å². The number of rotatable bonds is 5. The molecule has 0 radical (unpaired) electrons. The molecule has 2 amide bonds. The van der Waals surface area contributed by atoms with Crippen LogP contribution < -0.4 is 15.5 Å². The van der Waals surface area contributed by atoms with Crippen molar-refractivity contribution in [2.24, 2.45) is 0 Å². The highest BCUT2D eigenvalue weighted by Gasteiger charge is 2.61. The number of aliphatic hydroxyl groups excluding tert-OH is 1. The predicted molar refractivity (Wildman–Crippen MR) is 136 cm³/mol. The molecule has 36 heavy (non-hydrogen) atoms. The third kappa shape index (κ3) is 3.89. The molecule has 190 valence electrons. The molecule has 4 aliphatic rings. The van der Waals surface area contributed by atoms with Crippen molar-refractivity contribution in [3.05, 3.63) is 41.1 Å². The van der Waals surface area contributed by atoms with Crippen LogP contribution in [-0.4, -0.2) is 62.1 Å². The lowest BCUT2D eigenvalue weighted by Crippen LogP contribution is -2.45. The Morgan fingerprint density at radius 1 is 1.17 bits per heavy atom. The van der Waals surface area contributed by atoms with E-state index in [0.717, 1.165) is 49.2 Å². The molecule has 6 rings (SSSR count). The molecule has 1 saturated carbocycles. The Kier molecular flexibility index (Phi) is 5.63. The van der Waals surface area contributed by atoms with Gasteiger partial charge in [-0.25, -0.2) is 4.98 Å². The SMILES string of the molecule is C[C@@H]1CCC[C@@H](C)N1c1nc2c(c(Nc3ccc(CC(=O)N4CCCC45CC5O)cc3)n1)C(=O)NC2. The molecule has 3 fully saturated rings.